The minimum atomic E-state index is -0.481. The second kappa shape index (κ2) is 12.4. The molecule has 0 bridgehead atoms. The monoisotopic (exact) mass is 492 g/mol. The third-order valence-corrected chi connectivity index (χ3v) is 6.05. The Morgan fingerprint density at radius 3 is 2.34 bits per heavy atom. The van der Waals surface area contributed by atoms with Crippen molar-refractivity contribution < 1.29 is 9.59 Å². The van der Waals surface area contributed by atoms with Gasteiger partial charge in [0, 0.05) is 28.7 Å². The van der Waals surface area contributed by atoms with Crippen LogP contribution in [0.5, 0.6) is 0 Å². The van der Waals surface area contributed by atoms with Crippen LogP contribution in [0.25, 0.3) is 0 Å². The maximum absolute atomic E-state index is 12.3. The third kappa shape index (κ3) is 7.18. The average Bonchev–Trinajstić information content (AvgIpc) is 3.38. The Morgan fingerprint density at radius 2 is 1.74 bits per heavy atom. The van der Waals surface area contributed by atoms with Gasteiger partial charge in [-0.3, -0.25) is 20.3 Å². The van der Waals surface area contributed by atoms with E-state index in [9.17, 15) is 9.59 Å². The van der Waals surface area contributed by atoms with Crippen molar-refractivity contribution in [2.24, 2.45) is 5.73 Å². The van der Waals surface area contributed by atoms with E-state index in [4.69, 9.17) is 11.1 Å². The predicted octanol–water partition coefficient (Wildman–Crippen LogP) is 3.59. The number of aromatic nitrogens is 3. The average molecular weight is 493 g/mol. The molecule has 0 spiro atoms. The van der Waals surface area contributed by atoms with Crippen molar-refractivity contribution in [1.29, 1.82) is 5.41 Å². The minimum absolute atomic E-state index is 0.221. The van der Waals surface area contributed by atoms with Crippen LogP contribution in [0.3, 0.4) is 0 Å². The summed E-state index contributed by atoms with van der Waals surface area (Å²) in [7, 11) is 0. The van der Waals surface area contributed by atoms with Gasteiger partial charge in [-0.2, -0.15) is 0 Å². The number of thiazole rings is 1. The fourth-order valence-corrected chi connectivity index (χ4v) is 4.11. The molecule has 2 heterocycles. The van der Waals surface area contributed by atoms with Crippen molar-refractivity contribution in [3.05, 3.63) is 71.5 Å². The number of carbonyl (C=O) groups excluding carboxylic acids is 2. The van der Waals surface area contributed by atoms with E-state index in [2.05, 4.69) is 37.9 Å². The van der Waals surface area contributed by atoms with Crippen LogP contribution in [-0.2, 0) is 4.79 Å². The lowest BCUT2D eigenvalue weighted by molar-refractivity contribution is -0.113. The lowest BCUT2D eigenvalue weighted by Gasteiger charge is -2.24. The summed E-state index contributed by atoms with van der Waals surface area (Å²) in [6.45, 7) is 3.09. The molecule has 1 aliphatic rings. The second-order valence-corrected chi connectivity index (χ2v) is 8.71. The summed E-state index contributed by atoms with van der Waals surface area (Å²) >= 11 is 1.36. The maximum Gasteiger partial charge on any atom is 0.257 e. The Morgan fingerprint density at radius 1 is 1.09 bits per heavy atom. The summed E-state index contributed by atoms with van der Waals surface area (Å²) in [4.78, 5) is 34.3. The molecule has 1 fully saturated rings. The Kier molecular flexibility index (Phi) is 9.02. The van der Waals surface area contributed by atoms with Gasteiger partial charge in [-0.05, 0) is 31.1 Å². The number of amides is 2. The lowest BCUT2D eigenvalue weighted by Crippen LogP contribution is -2.25. The van der Waals surface area contributed by atoms with E-state index in [1.54, 1.807) is 35.8 Å². The topological polar surface area (TPSA) is 173 Å². The van der Waals surface area contributed by atoms with Gasteiger partial charge >= 0.3 is 0 Å². The Labute approximate surface area is 207 Å². The Balaban J connectivity index is 0.000000623. The normalized spacial score (nSPS) is 13.1. The highest BCUT2D eigenvalue weighted by Gasteiger charge is 2.20. The highest BCUT2D eigenvalue weighted by atomic mass is 32.1. The Hall–Kier alpha value is -4.12. The van der Waals surface area contributed by atoms with E-state index < -0.39 is 5.91 Å². The van der Waals surface area contributed by atoms with E-state index in [0.717, 1.165) is 18.9 Å². The third-order valence-electron chi connectivity index (χ3n) is 5.36. The number of rotatable bonds is 7. The molecular weight excluding hydrogens is 464 g/mol. The molecule has 0 atom stereocenters. The van der Waals surface area contributed by atoms with Crippen molar-refractivity contribution in [2.45, 2.75) is 38.1 Å². The number of hydrogen-bond donors (Lipinski definition) is 5. The SMILES string of the molecule is C=CC(N)=O.N=C(c1ccc(C(=O)Nc2nccs2)cc1)c1c(N)ncnc1NC1CCCCC1. The van der Waals surface area contributed by atoms with Crippen molar-refractivity contribution >= 4 is 45.6 Å². The van der Waals surface area contributed by atoms with Crippen molar-refractivity contribution in [3.63, 3.8) is 0 Å². The number of nitrogens with two attached hydrogens (primary N) is 2. The number of nitrogens with one attached hydrogen (secondary N) is 3. The van der Waals surface area contributed by atoms with Crippen LogP contribution in [0.15, 0.2) is 54.8 Å². The fourth-order valence-electron chi connectivity index (χ4n) is 3.58. The smallest absolute Gasteiger partial charge is 0.257 e. The summed E-state index contributed by atoms with van der Waals surface area (Å²) in [6.07, 6.45) is 9.92. The molecule has 1 aromatic carbocycles. The summed E-state index contributed by atoms with van der Waals surface area (Å²) < 4.78 is 0. The van der Waals surface area contributed by atoms with E-state index in [1.807, 2.05) is 0 Å². The predicted molar refractivity (Wildman–Crippen MR) is 139 cm³/mol. The molecule has 1 aliphatic carbocycles. The van der Waals surface area contributed by atoms with Crippen LogP contribution < -0.4 is 22.1 Å². The van der Waals surface area contributed by atoms with Crippen LogP contribution >= 0.6 is 11.3 Å². The summed E-state index contributed by atoms with van der Waals surface area (Å²) in [5.41, 5.74) is 12.5. The molecule has 2 aromatic heterocycles. The molecule has 1 saturated carbocycles. The second-order valence-electron chi connectivity index (χ2n) is 7.81. The van der Waals surface area contributed by atoms with Crippen molar-refractivity contribution in [2.75, 3.05) is 16.4 Å². The first-order chi connectivity index (χ1) is 16.9. The molecule has 2 amide bonds. The van der Waals surface area contributed by atoms with Gasteiger partial charge in [-0.25, -0.2) is 15.0 Å². The van der Waals surface area contributed by atoms with Gasteiger partial charge in [0.05, 0.1) is 11.3 Å². The van der Waals surface area contributed by atoms with Gasteiger partial charge in [-0.15, -0.1) is 11.3 Å². The van der Waals surface area contributed by atoms with Gasteiger partial charge in [0.2, 0.25) is 5.91 Å². The number of carbonyl (C=O) groups is 2. The lowest BCUT2D eigenvalue weighted by atomic mass is 9.95. The molecule has 0 radical (unpaired) electrons. The maximum atomic E-state index is 12.3. The molecule has 7 N–H and O–H groups in total. The quantitative estimate of drug-likeness (QED) is 0.247. The molecular formula is C24H28N8O2S. The van der Waals surface area contributed by atoms with E-state index in [-0.39, 0.29) is 17.4 Å². The number of primary amides is 1. The zero-order valence-electron chi connectivity index (χ0n) is 19.2. The van der Waals surface area contributed by atoms with Crippen LogP contribution in [0.1, 0.15) is 53.6 Å². The molecule has 0 unspecified atom stereocenters. The standard InChI is InChI=1S/C21H23N7OS.C3H5NO/c22-17(13-6-8-14(9-7-13)20(29)28-21-24-10-11-30-21)16-18(23)25-12-26-19(16)27-15-4-2-1-3-5-15;1-2-3(4)5/h6-12,15,22H,1-5H2,(H,24,28,29)(H3,23,25,26,27);2H,1H2,(H2,4,5). The molecule has 182 valence electrons. The van der Waals surface area contributed by atoms with Crippen LogP contribution in [0, 0.1) is 5.41 Å². The zero-order valence-corrected chi connectivity index (χ0v) is 20.0. The first-order valence-corrected chi connectivity index (χ1v) is 12.0. The van der Waals surface area contributed by atoms with Gasteiger partial charge in [0.15, 0.2) is 5.13 Å². The van der Waals surface area contributed by atoms with Gasteiger partial charge in [0.25, 0.3) is 5.91 Å². The molecule has 0 aliphatic heterocycles. The number of benzene rings is 1. The summed E-state index contributed by atoms with van der Waals surface area (Å²) in [6, 6.07) is 7.16. The van der Waals surface area contributed by atoms with Crippen molar-refractivity contribution in [3.8, 4) is 0 Å². The summed E-state index contributed by atoms with van der Waals surface area (Å²) in [5.74, 6) is 0.124. The molecule has 3 aromatic rings. The van der Waals surface area contributed by atoms with Crippen LogP contribution in [-0.4, -0.2) is 38.5 Å². The van der Waals surface area contributed by atoms with E-state index in [0.29, 0.717) is 33.7 Å². The van der Waals surface area contributed by atoms with Crippen LogP contribution in [0.2, 0.25) is 0 Å². The molecule has 0 saturated heterocycles. The number of nitrogens with zero attached hydrogens (tertiary/aromatic N) is 3. The number of hydrogen-bond acceptors (Lipinski definition) is 9. The highest BCUT2D eigenvalue weighted by Crippen LogP contribution is 2.26. The largest absolute Gasteiger partial charge is 0.383 e. The molecule has 35 heavy (non-hydrogen) atoms. The molecule has 11 heteroatoms. The fraction of sp³-hybridized carbons (Fsp3) is 0.250. The Bertz CT molecular complexity index is 1170. The highest BCUT2D eigenvalue weighted by molar-refractivity contribution is 7.13. The number of anilines is 3. The van der Waals surface area contributed by atoms with Gasteiger partial charge in [-0.1, -0.05) is 38.0 Å². The van der Waals surface area contributed by atoms with E-state index >= 15 is 0 Å². The minimum Gasteiger partial charge on any atom is -0.383 e. The zero-order chi connectivity index (χ0) is 25.2. The summed E-state index contributed by atoms with van der Waals surface area (Å²) in [5, 5.41) is 17.2. The molecule has 10 nitrogen and oxygen atoms in total. The van der Waals surface area contributed by atoms with Crippen LogP contribution in [0.4, 0.5) is 16.8 Å². The van der Waals surface area contributed by atoms with E-state index in [1.165, 1.54) is 36.9 Å². The van der Waals surface area contributed by atoms with Crippen molar-refractivity contribution in [1.82, 2.24) is 15.0 Å². The molecule has 4 rings (SSSR count). The van der Waals surface area contributed by atoms with Gasteiger partial charge in [0.1, 0.15) is 18.0 Å². The first-order valence-electron chi connectivity index (χ1n) is 11.1. The first kappa shape index (κ1) is 25.5. The van der Waals surface area contributed by atoms with Gasteiger partial charge < -0.3 is 16.8 Å². The number of nitrogen functional groups attached to an aromatic ring is 1.